The molecule has 0 fully saturated rings. The molecule has 4 aromatic rings. The lowest BCUT2D eigenvalue weighted by atomic mass is 9.99. The highest BCUT2D eigenvalue weighted by Gasteiger charge is 2.17. The van der Waals surface area contributed by atoms with Gasteiger partial charge < -0.3 is 14.5 Å². The maximum absolute atomic E-state index is 12.8. The maximum Gasteiger partial charge on any atom is 0.338 e. The fourth-order valence-electron chi connectivity index (χ4n) is 3.67. The van der Waals surface area contributed by atoms with Gasteiger partial charge in [-0.3, -0.25) is 10.1 Å². The van der Waals surface area contributed by atoms with E-state index >= 15 is 0 Å². The summed E-state index contributed by atoms with van der Waals surface area (Å²) in [6.07, 6.45) is 2.90. The Morgan fingerprint density at radius 2 is 1.71 bits per heavy atom. The highest BCUT2D eigenvalue weighted by molar-refractivity contribution is 7.80. The molecule has 6 nitrogen and oxygen atoms in total. The first kappa shape index (κ1) is 24.2. The topological polar surface area (TPSA) is 80.6 Å². The Hall–Kier alpha value is -3.97. The number of hydrogen-bond donors (Lipinski definition) is 2. The van der Waals surface area contributed by atoms with Crippen LogP contribution in [0.4, 0.5) is 5.69 Å². The number of esters is 1. The third-order valence-corrected chi connectivity index (χ3v) is 5.64. The fourth-order valence-corrected chi connectivity index (χ4v) is 3.88. The van der Waals surface area contributed by atoms with Crippen molar-refractivity contribution in [1.29, 1.82) is 0 Å². The molecule has 0 saturated heterocycles. The van der Waals surface area contributed by atoms with Crippen molar-refractivity contribution in [2.45, 2.75) is 26.2 Å². The zero-order valence-electron chi connectivity index (χ0n) is 19.4. The number of carbonyl (C=O) groups is 2. The van der Waals surface area contributed by atoms with Crippen molar-refractivity contribution in [3.8, 4) is 11.1 Å². The lowest BCUT2D eigenvalue weighted by Gasteiger charge is -2.14. The van der Waals surface area contributed by atoms with E-state index in [1.165, 1.54) is 0 Å². The van der Waals surface area contributed by atoms with Crippen molar-refractivity contribution in [1.82, 2.24) is 5.32 Å². The molecular weight excluding hydrogens is 460 g/mol. The van der Waals surface area contributed by atoms with Crippen LogP contribution >= 0.6 is 12.2 Å². The van der Waals surface area contributed by atoms with Gasteiger partial charge in [-0.05, 0) is 60.1 Å². The number of nitrogens with one attached hydrogen (secondary N) is 2. The first-order chi connectivity index (χ1) is 17.0. The van der Waals surface area contributed by atoms with Crippen LogP contribution in [0, 0.1) is 0 Å². The first-order valence-electron chi connectivity index (χ1n) is 11.5. The minimum absolute atomic E-state index is 0.115. The van der Waals surface area contributed by atoms with E-state index in [0.29, 0.717) is 29.0 Å². The van der Waals surface area contributed by atoms with Crippen molar-refractivity contribution < 1.29 is 18.7 Å². The van der Waals surface area contributed by atoms with Gasteiger partial charge in [-0.25, -0.2) is 4.79 Å². The summed E-state index contributed by atoms with van der Waals surface area (Å²) in [6.45, 7) is 2.49. The average molecular weight is 487 g/mol. The van der Waals surface area contributed by atoms with Gasteiger partial charge in [0.1, 0.15) is 5.58 Å². The molecule has 35 heavy (non-hydrogen) atoms. The van der Waals surface area contributed by atoms with Gasteiger partial charge in [-0.1, -0.05) is 68.3 Å². The van der Waals surface area contributed by atoms with Crippen LogP contribution in [0.5, 0.6) is 0 Å². The summed E-state index contributed by atoms with van der Waals surface area (Å²) < 4.78 is 11.1. The molecule has 2 N–H and O–H groups in total. The summed E-state index contributed by atoms with van der Waals surface area (Å²) in [5, 5.41) is 6.61. The summed E-state index contributed by atoms with van der Waals surface area (Å²) in [7, 11) is 0. The van der Waals surface area contributed by atoms with Crippen LogP contribution in [-0.4, -0.2) is 23.6 Å². The van der Waals surface area contributed by atoms with E-state index in [4.69, 9.17) is 21.4 Å². The number of amides is 1. The lowest BCUT2D eigenvalue weighted by Crippen LogP contribution is -2.33. The summed E-state index contributed by atoms with van der Waals surface area (Å²) in [4.78, 5) is 25.4. The van der Waals surface area contributed by atoms with Crippen LogP contribution < -0.4 is 10.6 Å². The number of hydrogen-bond acceptors (Lipinski definition) is 5. The van der Waals surface area contributed by atoms with E-state index < -0.39 is 5.91 Å². The molecular formula is C28H26N2O4S. The number of furan rings is 1. The number of thiocarbonyl (C=S) groups is 1. The van der Waals surface area contributed by atoms with Gasteiger partial charge in [0.25, 0.3) is 5.91 Å². The molecule has 0 spiro atoms. The molecule has 1 amide bonds. The van der Waals surface area contributed by atoms with Crippen molar-refractivity contribution >= 4 is 45.9 Å². The molecule has 0 bridgehead atoms. The molecule has 0 saturated carbocycles. The predicted octanol–water partition coefficient (Wildman–Crippen LogP) is 6.57. The molecule has 1 aromatic heterocycles. The van der Waals surface area contributed by atoms with E-state index in [-0.39, 0.29) is 16.8 Å². The molecule has 178 valence electrons. The maximum atomic E-state index is 12.8. The van der Waals surface area contributed by atoms with Gasteiger partial charge in [0, 0.05) is 11.1 Å². The summed E-state index contributed by atoms with van der Waals surface area (Å²) in [6, 6.07) is 23.9. The van der Waals surface area contributed by atoms with Crippen molar-refractivity contribution in [3.63, 3.8) is 0 Å². The molecule has 3 aromatic carbocycles. The van der Waals surface area contributed by atoms with Crippen LogP contribution in [0.15, 0.2) is 83.3 Å². The average Bonchev–Trinajstić information content (AvgIpc) is 3.32. The zero-order chi connectivity index (χ0) is 24.6. The van der Waals surface area contributed by atoms with Gasteiger partial charge in [-0.15, -0.1) is 0 Å². The number of anilines is 1. The minimum Gasteiger partial charge on any atom is -0.462 e. The molecule has 4 rings (SSSR count). The second kappa shape index (κ2) is 11.4. The third kappa shape index (κ3) is 6.13. The molecule has 0 aliphatic heterocycles. The summed E-state index contributed by atoms with van der Waals surface area (Å²) >= 11 is 5.34. The van der Waals surface area contributed by atoms with Gasteiger partial charge in [0.15, 0.2) is 10.9 Å². The van der Waals surface area contributed by atoms with Crippen LogP contribution in [-0.2, 0) is 4.74 Å². The van der Waals surface area contributed by atoms with Gasteiger partial charge in [0.05, 0.1) is 12.2 Å². The Morgan fingerprint density at radius 1 is 0.943 bits per heavy atom. The SMILES string of the molecule is CCCCCOC(=O)c1ccc(NC(=S)NC(=O)c2cc3ccccc3o2)cc1-c1ccccc1. The van der Waals surface area contributed by atoms with Gasteiger partial charge in [-0.2, -0.15) is 0 Å². The molecule has 0 aliphatic rings. The van der Waals surface area contributed by atoms with E-state index in [2.05, 4.69) is 17.6 Å². The Morgan fingerprint density at radius 3 is 2.49 bits per heavy atom. The van der Waals surface area contributed by atoms with Gasteiger partial charge in [0.2, 0.25) is 0 Å². The number of ether oxygens (including phenoxy) is 1. The van der Waals surface area contributed by atoms with E-state index in [1.807, 2.05) is 54.6 Å². The summed E-state index contributed by atoms with van der Waals surface area (Å²) in [5.74, 6) is -0.650. The highest BCUT2D eigenvalue weighted by atomic mass is 32.1. The number of benzene rings is 3. The number of unbranched alkanes of at least 4 members (excludes halogenated alkanes) is 2. The molecule has 0 atom stereocenters. The van der Waals surface area contributed by atoms with Crippen molar-refractivity contribution in [3.05, 3.63) is 90.2 Å². The second-order valence-electron chi connectivity index (χ2n) is 8.03. The van der Waals surface area contributed by atoms with E-state index in [0.717, 1.165) is 30.2 Å². The molecule has 1 heterocycles. The number of rotatable bonds is 8. The lowest BCUT2D eigenvalue weighted by molar-refractivity contribution is 0.0499. The summed E-state index contributed by atoms with van der Waals surface area (Å²) in [5.41, 5.74) is 3.30. The van der Waals surface area contributed by atoms with Crippen molar-refractivity contribution in [2.75, 3.05) is 11.9 Å². The second-order valence-corrected chi connectivity index (χ2v) is 8.43. The molecule has 0 aliphatic carbocycles. The van der Waals surface area contributed by atoms with E-state index in [1.54, 1.807) is 24.3 Å². The van der Waals surface area contributed by atoms with E-state index in [9.17, 15) is 9.59 Å². The number of carbonyl (C=O) groups excluding carboxylic acids is 2. The number of fused-ring (bicyclic) bond motifs is 1. The monoisotopic (exact) mass is 486 g/mol. The Labute approximate surface area is 209 Å². The Balaban J connectivity index is 1.49. The highest BCUT2D eigenvalue weighted by Crippen LogP contribution is 2.28. The van der Waals surface area contributed by atoms with Crippen LogP contribution in [0.25, 0.3) is 22.1 Å². The van der Waals surface area contributed by atoms with Crippen LogP contribution in [0.2, 0.25) is 0 Å². The largest absolute Gasteiger partial charge is 0.462 e. The standard InChI is InChI=1S/C28H26N2O4S/c1-2-3-9-16-33-27(32)22-15-14-21(18-23(22)19-10-5-4-6-11-19)29-28(35)30-26(31)25-17-20-12-7-8-13-24(20)34-25/h4-8,10-15,17-18H,2-3,9,16H2,1H3,(H2,29,30,31,35). The predicted molar refractivity (Wildman–Crippen MR) is 142 cm³/mol. The Kier molecular flexibility index (Phi) is 7.90. The van der Waals surface area contributed by atoms with Crippen LogP contribution in [0.3, 0.4) is 0 Å². The zero-order valence-corrected chi connectivity index (χ0v) is 20.2. The Bertz CT molecular complexity index is 1310. The first-order valence-corrected chi connectivity index (χ1v) is 11.9. The normalized spacial score (nSPS) is 10.7. The third-order valence-electron chi connectivity index (χ3n) is 5.44. The smallest absolute Gasteiger partial charge is 0.338 e. The molecule has 0 radical (unpaired) electrons. The molecule has 0 unspecified atom stereocenters. The quantitative estimate of drug-likeness (QED) is 0.166. The van der Waals surface area contributed by atoms with Crippen molar-refractivity contribution in [2.24, 2.45) is 0 Å². The van der Waals surface area contributed by atoms with Gasteiger partial charge >= 0.3 is 5.97 Å². The fraction of sp³-hybridized carbons (Fsp3) is 0.179. The minimum atomic E-state index is -0.450. The molecule has 7 heteroatoms. The number of para-hydroxylation sites is 1. The van der Waals surface area contributed by atoms with Crippen LogP contribution in [0.1, 0.15) is 47.1 Å².